The Morgan fingerprint density at radius 3 is 2.95 bits per heavy atom. The molecule has 1 fully saturated rings. The van der Waals surface area contributed by atoms with Gasteiger partial charge in [0.05, 0.1) is 11.8 Å². The van der Waals surface area contributed by atoms with Gasteiger partial charge in [0.25, 0.3) is 5.91 Å². The summed E-state index contributed by atoms with van der Waals surface area (Å²) in [6.45, 7) is 2.76. The molecule has 3 rings (SSSR count). The summed E-state index contributed by atoms with van der Waals surface area (Å²) in [6.07, 6.45) is 1.91. The summed E-state index contributed by atoms with van der Waals surface area (Å²) in [5.74, 6) is 0.698. The van der Waals surface area contributed by atoms with Gasteiger partial charge in [-0.2, -0.15) is 0 Å². The Morgan fingerprint density at radius 1 is 1.52 bits per heavy atom. The van der Waals surface area contributed by atoms with Crippen LogP contribution in [0, 0.1) is 12.8 Å². The third-order valence-electron chi connectivity index (χ3n) is 4.00. The smallest absolute Gasteiger partial charge is 0.270 e. The number of hydrogen-bond acceptors (Lipinski definition) is 4. The lowest BCUT2D eigenvalue weighted by Crippen LogP contribution is -2.30. The van der Waals surface area contributed by atoms with E-state index < -0.39 is 6.10 Å². The van der Waals surface area contributed by atoms with Crippen molar-refractivity contribution in [3.63, 3.8) is 0 Å². The molecule has 1 aliphatic rings. The second-order valence-electron chi connectivity index (χ2n) is 5.68. The van der Waals surface area contributed by atoms with Crippen LogP contribution in [-0.4, -0.2) is 44.8 Å². The number of likely N-dealkylation sites (tertiary alicyclic amines) is 1. The predicted octanol–water partition coefficient (Wildman–Crippen LogP) is 0.997. The van der Waals surface area contributed by atoms with Crippen LogP contribution in [0.25, 0.3) is 0 Å². The van der Waals surface area contributed by atoms with Gasteiger partial charge in [0, 0.05) is 44.7 Å². The van der Waals surface area contributed by atoms with E-state index in [1.54, 1.807) is 15.5 Å². The number of hydrogen-bond donors (Lipinski definition) is 1. The summed E-state index contributed by atoms with van der Waals surface area (Å²) in [4.78, 5) is 14.1. The zero-order chi connectivity index (χ0) is 15.0. The molecule has 0 spiro atoms. The van der Waals surface area contributed by atoms with Crippen LogP contribution in [0.3, 0.4) is 0 Å². The average Bonchev–Trinajstić information content (AvgIpc) is 3.12. The molecule has 0 aliphatic carbocycles. The highest BCUT2D eigenvalue weighted by Gasteiger charge is 2.35. The Hall–Kier alpha value is -2.08. The number of rotatable bonds is 3. The molecule has 0 bridgehead atoms. The highest BCUT2D eigenvalue weighted by atomic mass is 16.5. The summed E-state index contributed by atoms with van der Waals surface area (Å²) in [7, 11) is 1.84. The van der Waals surface area contributed by atoms with Gasteiger partial charge in [0.15, 0.2) is 0 Å². The van der Waals surface area contributed by atoms with E-state index in [0.717, 1.165) is 11.5 Å². The van der Waals surface area contributed by atoms with E-state index in [0.29, 0.717) is 25.2 Å². The first-order valence-corrected chi connectivity index (χ1v) is 7.05. The number of carbonyl (C=O) groups is 1. The lowest BCUT2D eigenvalue weighted by molar-refractivity contribution is 0.0755. The molecule has 0 radical (unpaired) electrons. The van der Waals surface area contributed by atoms with Gasteiger partial charge in [-0.15, -0.1) is 0 Å². The number of aromatic nitrogens is 2. The third kappa shape index (κ3) is 2.71. The highest BCUT2D eigenvalue weighted by Crippen LogP contribution is 2.23. The Bertz CT molecular complexity index is 646. The maximum Gasteiger partial charge on any atom is 0.270 e. The molecule has 6 heteroatoms. The normalized spacial score (nSPS) is 22.0. The average molecular weight is 289 g/mol. The molecule has 21 heavy (non-hydrogen) atoms. The highest BCUT2D eigenvalue weighted by molar-refractivity contribution is 5.93. The standard InChI is InChI=1S/C15H19N3O3/c1-10-6-12(21-16-10)7-11-8-18(9-14(11)19)15(20)13-4-3-5-17(13)2/h3-6,11,14,19H,7-9H2,1-2H3/t11-,14+/m1/s1. The maximum absolute atomic E-state index is 12.4. The molecule has 2 atom stereocenters. The van der Waals surface area contributed by atoms with E-state index in [1.165, 1.54) is 0 Å². The minimum absolute atomic E-state index is 0.0124. The van der Waals surface area contributed by atoms with Crippen molar-refractivity contribution < 1.29 is 14.4 Å². The molecule has 3 heterocycles. The van der Waals surface area contributed by atoms with Gasteiger partial charge in [0.2, 0.25) is 0 Å². The molecule has 0 unspecified atom stereocenters. The molecule has 1 N–H and O–H groups in total. The number of nitrogens with zero attached hydrogens (tertiary/aromatic N) is 3. The second-order valence-corrected chi connectivity index (χ2v) is 5.68. The lowest BCUT2D eigenvalue weighted by atomic mass is 10.0. The van der Waals surface area contributed by atoms with Crippen LogP contribution in [0.2, 0.25) is 0 Å². The first kappa shape index (κ1) is 13.9. The fourth-order valence-electron chi connectivity index (χ4n) is 2.84. The summed E-state index contributed by atoms with van der Waals surface area (Å²) >= 11 is 0. The van der Waals surface area contributed by atoms with Crippen LogP contribution < -0.4 is 0 Å². The van der Waals surface area contributed by atoms with Crippen LogP contribution in [0.5, 0.6) is 0 Å². The van der Waals surface area contributed by atoms with E-state index in [-0.39, 0.29) is 11.8 Å². The van der Waals surface area contributed by atoms with Gasteiger partial charge in [-0.3, -0.25) is 4.79 Å². The molecule has 6 nitrogen and oxygen atoms in total. The number of aliphatic hydroxyl groups is 1. The quantitative estimate of drug-likeness (QED) is 0.915. The van der Waals surface area contributed by atoms with Gasteiger partial charge in [0.1, 0.15) is 11.5 Å². The number of aryl methyl sites for hydroxylation is 2. The molecule has 1 aliphatic heterocycles. The number of amides is 1. The number of β-amino-alcohol motifs (C(OH)–C–C–N with tert-alkyl or cyclic N) is 1. The summed E-state index contributed by atoms with van der Waals surface area (Å²) < 4.78 is 6.99. The number of carbonyl (C=O) groups excluding carboxylic acids is 1. The summed E-state index contributed by atoms with van der Waals surface area (Å²) in [5.41, 5.74) is 1.47. The van der Waals surface area contributed by atoms with Crippen molar-refractivity contribution in [2.45, 2.75) is 19.4 Å². The van der Waals surface area contributed by atoms with Crippen LogP contribution >= 0.6 is 0 Å². The van der Waals surface area contributed by atoms with Crippen LogP contribution in [-0.2, 0) is 13.5 Å². The minimum atomic E-state index is -0.528. The van der Waals surface area contributed by atoms with E-state index in [4.69, 9.17) is 4.52 Å². The van der Waals surface area contributed by atoms with Crippen molar-refractivity contribution in [1.82, 2.24) is 14.6 Å². The molecule has 2 aromatic heterocycles. The predicted molar refractivity (Wildman–Crippen MR) is 75.8 cm³/mol. The molecule has 0 aromatic carbocycles. The molecule has 1 saturated heterocycles. The monoisotopic (exact) mass is 289 g/mol. The second kappa shape index (κ2) is 5.37. The van der Waals surface area contributed by atoms with Crippen molar-refractivity contribution in [3.05, 3.63) is 41.5 Å². The zero-order valence-electron chi connectivity index (χ0n) is 12.2. The van der Waals surface area contributed by atoms with Crippen molar-refractivity contribution in [2.75, 3.05) is 13.1 Å². The lowest BCUT2D eigenvalue weighted by Gasteiger charge is -2.16. The van der Waals surface area contributed by atoms with Gasteiger partial charge < -0.3 is 19.1 Å². The topological polar surface area (TPSA) is 71.5 Å². The van der Waals surface area contributed by atoms with Crippen LogP contribution in [0.1, 0.15) is 21.9 Å². The first-order valence-electron chi connectivity index (χ1n) is 7.05. The molecule has 0 saturated carbocycles. The van der Waals surface area contributed by atoms with Crippen molar-refractivity contribution in [1.29, 1.82) is 0 Å². The summed E-state index contributed by atoms with van der Waals surface area (Å²) in [6, 6.07) is 5.50. The molecule has 112 valence electrons. The minimum Gasteiger partial charge on any atom is -0.391 e. The van der Waals surface area contributed by atoms with Gasteiger partial charge in [-0.25, -0.2) is 0 Å². The van der Waals surface area contributed by atoms with Gasteiger partial charge >= 0.3 is 0 Å². The van der Waals surface area contributed by atoms with Crippen LogP contribution in [0.15, 0.2) is 28.9 Å². The Kier molecular flexibility index (Phi) is 3.55. The maximum atomic E-state index is 12.4. The molecule has 2 aromatic rings. The number of aliphatic hydroxyl groups excluding tert-OH is 1. The Balaban J connectivity index is 1.68. The largest absolute Gasteiger partial charge is 0.391 e. The fourth-order valence-corrected chi connectivity index (χ4v) is 2.84. The molecular weight excluding hydrogens is 270 g/mol. The van der Waals surface area contributed by atoms with E-state index >= 15 is 0 Å². The molecular formula is C15H19N3O3. The summed E-state index contributed by atoms with van der Waals surface area (Å²) in [5, 5.41) is 14.0. The van der Waals surface area contributed by atoms with Crippen molar-refractivity contribution in [2.24, 2.45) is 13.0 Å². The van der Waals surface area contributed by atoms with Crippen molar-refractivity contribution >= 4 is 5.91 Å². The zero-order valence-corrected chi connectivity index (χ0v) is 12.2. The Labute approximate surface area is 123 Å². The van der Waals surface area contributed by atoms with Gasteiger partial charge in [-0.1, -0.05) is 5.16 Å². The third-order valence-corrected chi connectivity index (χ3v) is 4.00. The van der Waals surface area contributed by atoms with Crippen LogP contribution in [0.4, 0.5) is 0 Å². The fraction of sp³-hybridized carbons (Fsp3) is 0.467. The van der Waals surface area contributed by atoms with E-state index in [2.05, 4.69) is 5.16 Å². The van der Waals surface area contributed by atoms with E-state index in [1.807, 2.05) is 32.3 Å². The van der Waals surface area contributed by atoms with Gasteiger partial charge in [-0.05, 0) is 19.1 Å². The Morgan fingerprint density at radius 2 is 2.33 bits per heavy atom. The molecule has 1 amide bonds. The first-order chi connectivity index (χ1) is 10.0. The SMILES string of the molecule is Cc1cc(C[C@@H]2CN(C(=O)c3cccn3C)C[C@@H]2O)on1. The van der Waals surface area contributed by atoms with Crippen molar-refractivity contribution in [3.8, 4) is 0 Å². The van der Waals surface area contributed by atoms with E-state index in [9.17, 15) is 9.90 Å².